The molecule has 88 heavy (non-hydrogen) atoms. The predicted octanol–water partition coefficient (Wildman–Crippen LogP) is 13.6. The Morgan fingerprint density at radius 3 is 1.22 bits per heavy atom. The second-order valence-electron chi connectivity index (χ2n) is 19.2. The van der Waals surface area contributed by atoms with Gasteiger partial charge in [0.1, 0.15) is 59.6 Å². The molecule has 0 bridgehead atoms. The van der Waals surface area contributed by atoms with Crippen LogP contribution in [-0.4, -0.2) is 91.4 Å². The van der Waals surface area contributed by atoms with Gasteiger partial charge in [0, 0.05) is 63.4 Å². The quantitative estimate of drug-likeness (QED) is 0.0609. The summed E-state index contributed by atoms with van der Waals surface area (Å²) in [6, 6.07) is 32.4. The highest BCUT2D eigenvalue weighted by atomic mass is 19.4. The van der Waals surface area contributed by atoms with Gasteiger partial charge in [-0.05, 0) is 119 Å². The Labute approximate surface area is 492 Å². The first-order valence-electron chi connectivity index (χ1n) is 26.3. The molecule has 0 aliphatic heterocycles. The van der Waals surface area contributed by atoms with E-state index < -0.39 is 47.9 Å². The van der Waals surface area contributed by atoms with Crippen molar-refractivity contribution in [2.45, 2.75) is 51.9 Å². The SMILES string of the molecule is COCCn1c(Cc2cc(F)c(-c3cccc(OCc4ccc(OC(F)(F)F)cc4)n3)cc2F)nc2ccc(C(=O)O)cc21.COCCn1c(Cc2cc(F)c(-c3cccc(OCc4ccc(OC(F)(F)F)cc4)n3)cc2F)nc2ccc(C(=O)O)cc21. The molecule has 4 heterocycles. The molecule has 2 N–H and O–H groups in total. The number of carboxylic acids is 2. The number of hydrogen-bond acceptors (Lipinski definition) is 12. The molecule has 0 saturated carbocycles. The molecule has 456 valence electrons. The van der Waals surface area contributed by atoms with E-state index >= 15 is 17.6 Å². The van der Waals surface area contributed by atoms with Crippen molar-refractivity contribution in [2.24, 2.45) is 0 Å². The Hall–Kier alpha value is -10.1. The zero-order valence-corrected chi connectivity index (χ0v) is 46.1. The topological polar surface area (TPSA) is 191 Å². The number of carboxylic acid groups (broad SMARTS) is 2. The van der Waals surface area contributed by atoms with E-state index in [1.807, 2.05) is 0 Å². The fourth-order valence-electron chi connectivity index (χ4n) is 9.11. The summed E-state index contributed by atoms with van der Waals surface area (Å²) in [5.74, 6) is -4.85. The highest BCUT2D eigenvalue weighted by molar-refractivity contribution is 5.93. The first-order chi connectivity index (χ1) is 42.0. The molecule has 0 radical (unpaired) electrons. The maximum absolute atomic E-state index is 15.4. The van der Waals surface area contributed by atoms with Gasteiger partial charge in [0.15, 0.2) is 0 Å². The summed E-state index contributed by atoms with van der Waals surface area (Å²) in [6.07, 6.45) is -9.76. The first kappa shape index (κ1) is 62.5. The second-order valence-corrected chi connectivity index (χ2v) is 19.2. The average Bonchev–Trinajstić information content (AvgIpc) is 3.47. The molecule has 0 fully saturated rings. The third-order valence-electron chi connectivity index (χ3n) is 13.2. The number of benzene rings is 6. The van der Waals surface area contributed by atoms with Crippen molar-refractivity contribution < 1.29 is 92.1 Å². The molecule has 0 atom stereocenters. The molecule has 0 saturated heterocycles. The van der Waals surface area contributed by atoms with E-state index in [1.165, 1.54) is 87.0 Å². The number of halogens is 10. The van der Waals surface area contributed by atoms with E-state index in [0.717, 1.165) is 48.5 Å². The third kappa shape index (κ3) is 15.9. The maximum Gasteiger partial charge on any atom is 0.573 e. The van der Waals surface area contributed by atoms with Gasteiger partial charge in [0.2, 0.25) is 11.8 Å². The standard InChI is InChI=1S/2C31H24F5N3O5/c2*1-42-12-11-39-27-14-19(30(40)41)7-10-26(27)37-28(39)15-20-13-24(33)22(16-23(20)32)25-3-2-4-29(38-25)43-17-18-5-8-21(9-6-18)44-31(34,35)36/h2*2-10,13-14,16H,11-12,15,17H2,1H3,(H,40,41). The van der Waals surface area contributed by atoms with Crippen LogP contribution < -0.4 is 18.9 Å². The Morgan fingerprint density at radius 2 is 0.864 bits per heavy atom. The summed E-state index contributed by atoms with van der Waals surface area (Å²) in [5, 5.41) is 18.8. The van der Waals surface area contributed by atoms with Crippen molar-refractivity contribution in [3.63, 3.8) is 0 Å². The molecule has 10 rings (SSSR count). The van der Waals surface area contributed by atoms with Crippen molar-refractivity contribution in [3.8, 4) is 45.8 Å². The van der Waals surface area contributed by atoms with Gasteiger partial charge in [-0.25, -0.2) is 47.1 Å². The monoisotopic (exact) mass is 1230 g/mol. The van der Waals surface area contributed by atoms with Gasteiger partial charge in [-0.15, -0.1) is 26.3 Å². The molecule has 0 aliphatic rings. The van der Waals surface area contributed by atoms with Crippen LogP contribution in [0, 0.1) is 23.3 Å². The van der Waals surface area contributed by atoms with E-state index in [-0.39, 0.29) is 107 Å². The minimum absolute atomic E-state index is 0.0315. The number of rotatable bonds is 22. The molecule has 0 spiro atoms. The number of methoxy groups -OCH3 is 2. The Morgan fingerprint density at radius 1 is 0.477 bits per heavy atom. The Balaban J connectivity index is 0.000000209. The lowest BCUT2D eigenvalue weighted by molar-refractivity contribution is -0.275. The predicted molar refractivity (Wildman–Crippen MR) is 297 cm³/mol. The molecule has 16 nitrogen and oxygen atoms in total. The third-order valence-corrected chi connectivity index (χ3v) is 13.2. The molecule has 26 heteroatoms. The van der Waals surface area contributed by atoms with Gasteiger partial charge < -0.3 is 47.8 Å². The van der Waals surface area contributed by atoms with Gasteiger partial charge in [0.25, 0.3) is 0 Å². The number of aromatic carboxylic acids is 2. The number of nitrogens with zero attached hydrogens (tertiary/aromatic N) is 6. The van der Waals surface area contributed by atoms with Crippen LogP contribution in [0.3, 0.4) is 0 Å². The Bertz CT molecular complexity index is 3880. The number of pyridine rings is 2. The van der Waals surface area contributed by atoms with Crippen molar-refractivity contribution in [1.29, 1.82) is 0 Å². The van der Waals surface area contributed by atoms with Crippen molar-refractivity contribution in [1.82, 2.24) is 29.1 Å². The van der Waals surface area contributed by atoms with E-state index in [1.54, 1.807) is 33.4 Å². The lowest BCUT2D eigenvalue weighted by Crippen LogP contribution is -2.17. The summed E-state index contributed by atoms with van der Waals surface area (Å²) in [4.78, 5) is 40.5. The molecular formula is C62H48F10N6O10. The average molecular weight is 1230 g/mol. The fraction of sp³-hybridized carbons (Fsp3) is 0.194. The van der Waals surface area contributed by atoms with Crippen LogP contribution in [0.5, 0.6) is 23.3 Å². The van der Waals surface area contributed by atoms with E-state index in [9.17, 15) is 46.1 Å². The molecule has 0 aliphatic carbocycles. The van der Waals surface area contributed by atoms with E-state index in [4.69, 9.17) is 18.9 Å². The van der Waals surface area contributed by atoms with Crippen LogP contribution in [0.15, 0.2) is 146 Å². The summed E-state index contributed by atoms with van der Waals surface area (Å²) >= 11 is 0. The van der Waals surface area contributed by atoms with Gasteiger partial charge in [-0.3, -0.25) is 0 Å². The summed E-state index contributed by atoms with van der Waals surface area (Å²) in [5.41, 5.74) is 3.32. The van der Waals surface area contributed by atoms with E-state index in [2.05, 4.69) is 29.4 Å². The molecule has 0 amide bonds. The van der Waals surface area contributed by atoms with Gasteiger partial charge in [-0.1, -0.05) is 36.4 Å². The van der Waals surface area contributed by atoms with Crippen LogP contribution in [0.25, 0.3) is 44.6 Å². The molecule has 4 aromatic heterocycles. The number of hydrogen-bond donors (Lipinski definition) is 2. The van der Waals surface area contributed by atoms with Gasteiger partial charge >= 0.3 is 24.7 Å². The lowest BCUT2D eigenvalue weighted by Gasteiger charge is -2.12. The largest absolute Gasteiger partial charge is 0.573 e. The van der Waals surface area contributed by atoms with Crippen molar-refractivity contribution in [2.75, 3.05) is 27.4 Å². The van der Waals surface area contributed by atoms with Crippen LogP contribution >= 0.6 is 0 Å². The first-order valence-corrected chi connectivity index (χ1v) is 26.3. The molecular weight excluding hydrogens is 1180 g/mol. The number of ether oxygens (including phenoxy) is 6. The van der Waals surface area contributed by atoms with Crippen LogP contribution in [0.4, 0.5) is 43.9 Å². The minimum atomic E-state index is -4.80. The van der Waals surface area contributed by atoms with Crippen LogP contribution in [-0.2, 0) is 48.6 Å². The molecule has 6 aromatic carbocycles. The van der Waals surface area contributed by atoms with Crippen LogP contribution in [0.1, 0.15) is 54.6 Å². The van der Waals surface area contributed by atoms with E-state index in [0.29, 0.717) is 57.9 Å². The lowest BCUT2D eigenvalue weighted by atomic mass is 10.0. The molecule has 0 unspecified atom stereocenters. The zero-order valence-electron chi connectivity index (χ0n) is 46.1. The van der Waals surface area contributed by atoms with Crippen molar-refractivity contribution >= 4 is 34.0 Å². The summed E-state index contributed by atoms with van der Waals surface area (Å²) < 4.78 is 168. The normalized spacial score (nSPS) is 11.6. The highest BCUT2D eigenvalue weighted by Crippen LogP contribution is 2.32. The van der Waals surface area contributed by atoms with Crippen molar-refractivity contribution in [3.05, 3.63) is 214 Å². The van der Waals surface area contributed by atoms with Crippen LogP contribution in [0.2, 0.25) is 0 Å². The second kappa shape index (κ2) is 27.1. The number of alkyl halides is 6. The Kier molecular flexibility index (Phi) is 19.2. The highest BCUT2D eigenvalue weighted by Gasteiger charge is 2.32. The number of carbonyl (C=O) groups is 2. The fourth-order valence-corrected chi connectivity index (χ4v) is 9.11. The summed E-state index contributed by atoms with van der Waals surface area (Å²) in [6.45, 7) is 1.11. The summed E-state index contributed by atoms with van der Waals surface area (Å²) in [7, 11) is 3.02. The molecule has 10 aromatic rings. The smallest absolute Gasteiger partial charge is 0.478 e. The minimum Gasteiger partial charge on any atom is -0.478 e. The number of fused-ring (bicyclic) bond motifs is 2. The van der Waals surface area contributed by atoms with Gasteiger partial charge in [-0.2, -0.15) is 0 Å². The number of imidazole rings is 2. The van der Waals surface area contributed by atoms with Gasteiger partial charge in [0.05, 0.1) is 57.8 Å². The number of aromatic nitrogens is 6. The maximum atomic E-state index is 15.4. The zero-order chi connectivity index (χ0) is 62.9.